The van der Waals surface area contributed by atoms with E-state index in [-0.39, 0.29) is 29.8 Å². The number of anilines is 1. The van der Waals surface area contributed by atoms with Gasteiger partial charge < -0.3 is 10.1 Å². The first-order chi connectivity index (χ1) is 12.7. The van der Waals surface area contributed by atoms with Crippen LogP contribution in [0.15, 0.2) is 24.3 Å². The number of nitrogens with one attached hydrogen (secondary N) is 1. The van der Waals surface area contributed by atoms with E-state index in [1.807, 2.05) is 20.8 Å². The molecule has 6 nitrogen and oxygen atoms in total. The van der Waals surface area contributed by atoms with E-state index in [2.05, 4.69) is 26.1 Å². The van der Waals surface area contributed by atoms with Crippen LogP contribution in [0.4, 0.5) is 5.69 Å². The molecule has 0 spiro atoms. The predicted molar refractivity (Wildman–Crippen MR) is 115 cm³/mol. The predicted octanol–water partition coefficient (Wildman–Crippen LogP) is 3.96. The molecule has 0 unspecified atom stereocenters. The van der Waals surface area contributed by atoms with Crippen molar-refractivity contribution in [3.8, 4) is 5.75 Å². The van der Waals surface area contributed by atoms with Gasteiger partial charge >= 0.3 is 0 Å². The zero-order valence-corrected chi connectivity index (χ0v) is 19.1. The highest BCUT2D eigenvalue weighted by Gasteiger charge is 2.27. The number of benzene rings is 1. The Balaban J connectivity index is 2.69. The summed E-state index contributed by atoms with van der Waals surface area (Å²) in [5, 5.41) is 3.06. The van der Waals surface area contributed by atoms with Crippen molar-refractivity contribution in [2.24, 2.45) is 5.41 Å². The summed E-state index contributed by atoms with van der Waals surface area (Å²) in [5.41, 5.74) is 0.373. The molecular formula is C21H36N2O4S. The molecule has 1 rings (SSSR count). The largest absolute Gasteiger partial charge is 0.494 e. The van der Waals surface area contributed by atoms with Crippen molar-refractivity contribution in [1.29, 1.82) is 0 Å². The number of amides is 1. The molecule has 0 aliphatic heterocycles. The lowest BCUT2D eigenvalue weighted by Crippen LogP contribution is -2.46. The van der Waals surface area contributed by atoms with Crippen LogP contribution in [-0.4, -0.2) is 39.3 Å². The summed E-state index contributed by atoms with van der Waals surface area (Å²) in [6, 6.07) is 6.94. The van der Waals surface area contributed by atoms with Crippen LogP contribution in [0.2, 0.25) is 0 Å². The van der Waals surface area contributed by atoms with Gasteiger partial charge in [-0.25, -0.2) is 8.42 Å². The number of carbonyl (C=O) groups excluding carboxylic acids is 1. The summed E-state index contributed by atoms with van der Waals surface area (Å²) in [6.07, 6.45) is 2.75. The van der Waals surface area contributed by atoms with Gasteiger partial charge in [-0.1, -0.05) is 20.8 Å². The zero-order chi connectivity index (χ0) is 21.6. The fourth-order valence-corrected chi connectivity index (χ4v) is 4.52. The van der Waals surface area contributed by atoms with E-state index in [9.17, 15) is 13.2 Å². The van der Waals surface area contributed by atoms with E-state index >= 15 is 0 Å². The molecule has 0 fully saturated rings. The number of hydrogen-bond donors (Lipinski definition) is 1. The quantitative estimate of drug-likeness (QED) is 0.631. The number of carbonyl (C=O) groups is 1. The van der Waals surface area contributed by atoms with Gasteiger partial charge in [0, 0.05) is 18.5 Å². The lowest BCUT2D eigenvalue weighted by atomic mass is 9.82. The monoisotopic (exact) mass is 412 g/mol. The Morgan fingerprint density at radius 3 is 2.14 bits per heavy atom. The molecule has 7 heteroatoms. The first-order valence-corrected chi connectivity index (χ1v) is 11.6. The highest BCUT2D eigenvalue weighted by molar-refractivity contribution is 7.92. The second kappa shape index (κ2) is 9.63. The fraction of sp³-hybridized carbons (Fsp3) is 0.667. The summed E-state index contributed by atoms with van der Waals surface area (Å²) < 4.78 is 31.1. The molecule has 1 amide bonds. The molecule has 0 aliphatic rings. The van der Waals surface area contributed by atoms with Gasteiger partial charge in [0.2, 0.25) is 15.9 Å². The molecule has 0 aliphatic carbocycles. The summed E-state index contributed by atoms with van der Waals surface area (Å²) in [7, 11) is -3.44. The van der Waals surface area contributed by atoms with Crippen LogP contribution in [0.3, 0.4) is 0 Å². The standard InChI is InChI=1S/C21H36N2O4S/c1-8-27-18-13-11-17(12-14-18)23(28(7,25)26)15-9-10-19(24)22-21(5,6)16-20(2,3)4/h11-14H,8-10,15-16H2,1-7H3,(H,22,24). The van der Waals surface area contributed by atoms with Crippen LogP contribution in [0.1, 0.15) is 60.8 Å². The van der Waals surface area contributed by atoms with E-state index < -0.39 is 10.0 Å². The van der Waals surface area contributed by atoms with Crippen LogP contribution in [-0.2, 0) is 14.8 Å². The lowest BCUT2D eigenvalue weighted by molar-refractivity contribution is -0.123. The lowest BCUT2D eigenvalue weighted by Gasteiger charge is -2.33. The minimum Gasteiger partial charge on any atom is -0.494 e. The summed E-state index contributed by atoms with van der Waals surface area (Å²) >= 11 is 0. The second-order valence-corrected chi connectivity index (χ2v) is 10.9. The molecule has 1 aromatic carbocycles. The van der Waals surface area contributed by atoms with Crippen molar-refractivity contribution >= 4 is 21.6 Å². The Morgan fingerprint density at radius 1 is 1.11 bits per heavy atom. The van der Waals surface area contributed by atoms with E-state index in [0.717, 1.165) is 6.42 Å². The second-order valence-electron chi connectivity index (χ2n) is 9.04. The van der Waals surface area contributed by atoms with Gasteiger partial charge in [-0.2, -0.15) is 0 Å². The van der Waals surface area contributed by atoms with Crippen molar-refractivity contribution in [2.45, 2.75) is 66.3 Å². The Kier molecular flexibility index (Phi) is 8.35. The van der Waals surface area contributed by atoms with Crippen molar-refractivity contribution in [2.75, 3.05) is 23.7 Å². The van der Waals surface area contributed by atoms with E-state index in [1.165, 1.54) is 10.6 Å². The van der Waals surface area contributed by atoms with E-state index in [0.29, 0.717) is 24.5 Å². The molecule has 0 bridgehead atoms. The van der Waals surface area contributed by atoms with Crippen LogP contribution in [0, 0.1) is 5.41 Å². The maximum Gasteiger partial charge on any atom is 0.232 e. The molecule has 0 radical (unpaired) electrons. The Labute approximate surface area is 170 Å². The SMILES string of the molecule is CCOc1ccc(N(CCCC(=O)NC(C)(C)CC(C)(C)C)S(C)(=O)=O)cc1. The van der Waals surface area contributed by atoms with Crippen molar-refractivity contribution < 1.29 is 17.9 Å². The minimum absolute atomic E-state index is 0.0607. The van der Waals surface area contributed by atoms with Crippen LogP contribution < -0.4 is 14.4 Å². The van der Waals surface area contributed by atoms with Crippen molar-refractivity contribution in [1.82, 2.24) is 5.32 Å². The normalized spacial score (nSPS) is 12.5. The topological polar surface area (TPSA) is 75.7 Å². The molecule has 1 N–H and O–H groups in total. The number of hydrogen-bond acceptors (Lipinski definition) is 4. The average molecular weight is 413 g/mol. The van der Waals surface area contributed by atoms with Gasteiger partial charge in [-0.15, -0.1) is 0 Å². The number of ether oxygens (including phenoxy) is 1. The molecule has 0 aromatic heterocycles. The summed E-state index contributed by atoms with van der Waals surface area (Å²) in [6.45, 7) is 13.1. The van der Waals surface area contributed by atoms with E-state index in [4.69, 9.17) is 4.74 Å². The van der Waals surface area contributed by atoms with Gasteiger partial charge in [0.15, 0.2) is 0 Å². The van der Waals surface area contributed by atoms with Crippen LogP contribution >= 0.6 is 0 Å². The number of sulfonamides is 1. The van der Waals surface area contributed by atoms with Crippen molar-refractivity contribution in [3.63, 3.8) is 0 Å². The maximum absolute atomic E-state index is 12.3. The third-order valence-electron chi connectivity index (χ3n) is 4.05. The fourth-order valence-electron chi connectivity index (χ4n) is 3.55. The minimum atomic E-state index is -3.44. The van der Waals surface area contributed by atoms with E-state index in [1.54, 1.807) is 24.3 Å². The average Bonchev–Trinajstić information content (AvgIpc) is 2.48. The molecule has 28 heavy (non-hydrogen) atoms. The van der Waals surface area contributed by atoms with Gasteiger partial charge in [0.05, 0.1) is 18.6 Å². The zero-order valence-electron chi connectivity index (χ0n) is 18.3. The Morgan fingerprint density at radius 2 is 1.68 bits per heavy atom. The molecule has 160 valence electrons. The van der Waals surface area contributed by atoms with Crippen LogP contribution in [0.25, 0.3) is 0 Å². The maximum atomic E-state index is 12.3. The number of nitrogens with zero attached hydrogens (tertiary/aromatic N) is 1. The Hall–Kier alpha value is -1.76. The van der Waals surface area contributed by atoms with Gasteiger partial charge in [-0.3, -0.25) is 9.10 Å². The summed E-state index contributed by atoms with van der Waals surface area (Å²) in [4.78, 5) is 12.3. The smallest absolute Gasteiger partial charge is 0.232 e. The van der Waals surface area contributed by atoms with Gasteiger partial charge in [0.1, 0.15) is 5.75 Å². The Bertz CT molecular complexity index is 735. The highest BCUT2D eigenvalue weighted by atomic mass is 32.2. The molecule has 0 saturated heterocycles. The van der Waals surface area contributed by atoms with Crippen LogP contribution in [0.5, 0.6) is 5.75 Å². The van der Waals surface area contributed by atoms with Crippen molar-refractivity contribution in [3.05, 3.63) is 24.3 Å². The molecule has 0 saturated carbocycles. The summed E-state index contributed by atoms with van der Waals surface area (Å²) in [5.74, 6) is 0.634. The first kappa shape index (κ1) is 24.3. The molecule has 0 atom stereocenters. The third kappa shape index (κ3) is 8.95. The van der Waals surface area contributed by atoms with Gasteiger partial charge in [0.25, 0.3) is 0 Å². The first-order valence-electron chi connectivity index (χ1n) is 9.75. The molecule has 0 heterocycles. The molecular weight excluding hydrogens is 376 g/mol. The third-order valence-corrected chi connectivity index (χ3v) is 5.25. The number of rotatable bonds is 10. The molecule has 1 aromatic rings. The highest BCUT2D eigenvalue weighted by Crippen LogP contribution is 2.27. The van der Waals surface area contributed by atoms with Gasteiger partial charge in [-0.05, 0) is 63.3 Å².